The number of amides is 1. The number of benzene rings is 1. The molecular weight excluding hydrogens is 378 g/mol. The number of hydrogen-bond donors (Lipinski definition) is 1. The van der Waals surface area contributed by atoms with E-state index in [1.807, 2.05) is 42.8 Å². The summed E-state index contributed by atoms with van der Waals surface area (Å²) in [5, 5.41) is 19.0. The molecule has 28 heavy (non-hydrogen) atoms. The van der Waals surface area contributed by atoms with Crippen molar-refractivity contribution in [3.8, 4) is 22.9 Å². The molecule has 9 heteroatoms. The maximum absolute atomic E-state index is 12.3. The molecule has 0 unspecified atom stereocenters. The highest BCUT2D eigenvalue weighted by molar-refractivity contribution is 7.08. The van der Waals surface area contributed by atoms with E-state index in [0.29, 0.717) is 19.0 Å². The second-order valence-electron chi connectivity index (χ2n) is 6.57. The number of fused-ring (bicyclic) bond motifs is 1. The van der Waals surface area contributed by atoms with Crippen molar-refractivity contribution in [3.05, 3.63) is 40.1 Å². The Balaban J connectivity index is 1.40. The number of tetrazole rings is 1. The monoisotopic (exact) mass is 399 g/mol. The highest BCUT2D eigenvalue weighted by atomic mass is 32.1. The van der Waals surface area contributed by atoms with Gasteiger partial charge in [0.15, 0.2) is 0 Å². The van der Waals surface area contributed by atoms with Crippen LogP contribution in [0.4, 0.5) is 0 Å². The minimum atomic E-state index is -0.202. The summed E-state index contributed by atoms with van der Waals surface area (Å²) in [4.78, 5) is 13.6. The smallest absolute Gasteiger partial charge is 0.243 e. The van der Waals surface area contributed by atoms with E-state index in [2.05, 4.69) is 20.7 Å². The summed E-state index contributed by atoms with van der Waals surface area (Å²) in [6.45, 7) is 4.88. The number of aromatic nitrogens is 4. The van der Waals surface area contributed by atoms with Crippen molar-refractivity contribution < 1.29 is 14.3 Å². The zero-order valence-corrected chi connectivity index (χ0v) is 16.5. The number of hydrogen-bond acceptors (Lipinski definition) is 7. The maximum atomic E-state index is 12.3. The molecule has 3 aromatic rings. The second-order valence-corrected chi connectivity index (χ2v) is 7.35. The number of carbonyl (C=O) groups is 1. The Morgan fingerprint density at radius 1 is 1.46 bits per heavy atom. The van der Waals surface area contributed by atoms with Crippen LogP contribution in [-0.4, -0.2) is 38.8 Å². The molecule has 8 nitrogen and oxygen atoms in total. The zero-order valence-electron chi connectivity index (χ0n) is 15.7. The number of nitrogens with one attached hydrogen (secondary N) is 1. The summed E-state index contributed by atoms with van der Waals surface area (Å²) in [7, 11) is 0. The van der Waals surface area contributed by atoms with Gasteiger partial charge in [-0.2, -0.15) is 16.1 Å². The van der Waals surface area contributed by atoms with Gasteiger partial charge in [0.25, 0.3) is 0 Å². The van der Waals surface area contributed by atoms with Gasteiger partial charge in [-0.15, -0.1) is 10.2 Å². The number of thiophene rings is 1. The first kappa shape index (κ1) is 18.4. The molecule has 4 rings (SSSR count). The minimum absolute atomic E-state index is 0.000416. The van der Waals surface area contributed by atoms with E-state index in [1.165, 1.54) is 4.80 Å². The Morgan fingerprint density at radius 2 is 2.36 bits per heavy atom. The fraction of sp³-hybridized carbons (Fsp3) is 0.368. The lowest BCUT2D eigenvalue weighted by molar-refractivity contribution is -0.122. The van der Waals surface area contributed by atoms with Crippen molar-refractivity contribution in [1.82, 2.24) is 25.5 Å². The summed E-state index contributed by atoms with van der Waals surface area (Å²) in [6, 6.07) is 5.88. The van der Waals surface area contributed by atoms with Crippen LogP contribution in [0.2, 0.25) is 0 Å². The largest absolute Gasteiger partial charge is 0.494 e. The van der Waals surface area contributed by atoms with Crippen LogP contribution in [0.1, 0.15) is 25.0 Å². The summed E-state index contributed by atoms with van der Waals surface area (Å²) in [5.74, 6) is 1.94. The molecule has 146 valence electrons. The van der Waals surface area contributed by atoms with E-state index in [1.54, 1.807) is 11.3 Å². The lowest BCUT2D eigenvalue weighted by atomic mass is 10.1. The van der Waals surface area contributed by atoms with Crippen molar-refractivity contribution in [2.24, 2.45) is 0 Å². The zero-order chi connectivity index (χ0) is 19.5. The number of carbonyl (C=O) groups excluding carboxylic acids is 1. The Kier molecular flexibility index (Phi) is 5.25. The van der Waals surface area contributed by atoms with Gasteiger partial charge in [0.05, 0.1) is 6.61 Å². The van der Waals surface area contributed by atoms with E-state index >= 15 is 0 Å². The van der Waals surface area contributed by atoms with Crippen LogP contribution in [0.25, 0.3) is 11.4 Å². The Hall–Kier alpha value is -2.94. The Bertz CT molecular complexity index is 970. The SMILES string of the molecule is CCOc1cc2c(cc1CNC(=O)Cn1nnc(-c3ccsc3)n1)O[C@@H](C)C2. The van der Waals surface area contributed by atoms with Crippen LogP contribution in [-0.2, 0) is 24.3 Å². The van der Waals surface area contributed by atoms with Crippen LogP contribution < -0.4 is 14.8 Å². The predicted octanol–water partition coefficient (Wildman–Crippen LogP) is 2.44. The molecule has 0 spiro atoms. The molecule has 1 aromatic carbocycles. The first-order valence-corrected chi connectivity index (χ1v) is 10.1. The predicted molar refractivity (Wildman–Crippen MR) is 104 cm³/mol. The van der Waals surface area contributed by atoms with E-state index in [0.717, 1.165) is 34.6 Å². The fourth-order valence-corrected chi connectivity index (χ4v) is 3.74. The molecule has 1 N–H and O–H groups in total. The third-order valence-electron chi connectivity index (χ3n) is 4.37. The summed E-state index contributed by atoms with van der Waals surface area (Å²) < 4.78 is 11.6. The summed E-state index contributed by atoms with van der Waals surface area (Å²) in [6.07, 6.45) is 1.03. The van der Waals surface area contributed by atoms with Crippen LogP contribution in [0.5, 0.6) is 11.5 Å². The van der Waals surface area contributed by atoms with Gasteiger partial charge in [-0.3, -0.25) is 4.79 Å². The van der Waals surface area contributed by atoms with E-state index < -0.39 is 0 Å². The Morgan fingerprint density at radius 3 is 3.14 bits per heavy atom. The van der Waals surface area contributed by atoms with Crippen LogP contribution in [0.15, 0.2) is 29.0 Å². The van der Waals surface area contributed by atoms with E-state index in [4.69, 9.17) is 9.47 Å². The lowest BCUT2D eigenvalue weighted by Gasteiger charge is -2.13. The highest BCUT2D eigenvalue weighted by Gasteiger charge is 2.22. The molecular formula is C19H21N5O3S. The van der Waals surface area contributed by atoms with Gasteiger partial charge in [0.1, 0.15) is 24.1 Å². The minimum Gasteiger partial charge on any atom is -0.494 e. The van der Waals surface area contributed by atoms with Crippen LogP contribution in [0, 0.1) is 0 Å². The topological polar surface area (TPSA) is 91.2 Å². The lowest BCUT2D eigenvalue weighted by Crippen LogP contribution is -2.28. The number of nitrogens with zero attached hydrogens (tertiary/aromatic N) is 4. The van der Waals surface area contributed by atoms with Gasteiger partial charge < -0.3 is 14.8 Å². The van der Waals surface area contributed by atoms with Crippen LogP contribution >= 0.6 is 11.3 Å². The molecule has 2 aromatic heterocycles. The van der Waals surface area contributed by atoms with Crippen LogP contribution in [0.3, 0.4) is 0 Å². The first-order chi connectivity index (χ1) is 13.6. The molecule has 0 bridgehead atoms. The molecule has 1 atom stereocenters. The van der Waals surface area contributed by atoms with E-state index in [9.17, 15) is 4.79 Å². The molecule has 0 aliphatic carbocycles. The number of rotatable bonds is 7. The molecule has 0 saturated carbocycles. The second kappa shape index (κ2) is 7.97. The normalized spacial score (nSPS) is 15.1. The third-order valence-corrected chi connectivity index (χ3v) is 5.06. The van der Waals surface area contributed by atoms with Gasteiger partial charge in [0, 0.05) is 35.0 Å². The first-order valence-electron chi connectivity index (χ1n) is 9.14. The van der Waals surface area contributed by atoms with Crippen molar-refractivity contribution >= 4 is 17.2 Å². The maximum Gasteiger partial charge on any atom is 0.243 e. The molecule has 3 heterocycles. The standard InChI is InChI=1S/C19H21N5O3S/c1-3-26-16-7-14-6-12(2)27-17(14)8-15(16)9-20-18(25)10-24-22-19(21-23-24)13-4-5-28-11-13/h4-5,7-8,11-12H,3,6,9-10H2,1-2H3,(H,20,25)/t12-/m0/s1. The van der Waals surface area contributed by atoms with Crippen molar-refractivity contribution in [3.63, 3.8) is 0 Å². The third kappa shape index (κ3) is 3.99. The van der Waals surface area contributed by atoms with Crippen molar-refractivity contribution in [1.29, 1.82) is 0 Å². The average molecular weight is 399 g/mol. The molecule has 1 aliphatic heterocycles. The van der Waals surface area contributed by atoms with Crippen molar-refractivity contribution in [2.45, 2.75) is 39.5 Å². The van der Waals surface area contributed by atoms with Gasteiger partial charge in [-0.05, 0) is 42.6 Å². The van der Waals surface area contributed by atoms with Crippen molar-refractivity contribution in [2.75, 3.05) is 6.61 Å². The average Bonchev–Trinajstić information content (AvgIpc) is 3.39. The molecule has 0 radical (unpaired) electrons. The summed E-state index contributed by atoms with van der Waals surface area (Å²) >= 11 is 1.56. The van der Waals surface area contributed by atoms with Gasteiger partial charge in [-0.1, -0.05) is 0 Å². The molecule has 0 saturated heterocycles. The molecule has 1 amide bonds. The molecule has 1 aliphatic rings. The Labute approximate surface area is 166 Å². The van der Waals surface area contributed by atoms with E-state index in [-0.39, 0.29) is 18.6 Å². The quantitative estimate of drug-likeness (QED) is 0.656. The van der Waals surface area contributed by atoms with Gasteiger partial charge in [0.2, 0.25) is 11.7 Å². The molecule has 0 fully saturated rings. The van der Waals surface area contributed by atoms with Gasteiger partial charge in [-0.25, -0.2) is 0 Å². The highest BCUT2D eigenvalue weighted by Crippen LogP contribution is 2.35. The fourth-order valence-electron chi connectivity index (χ4n) is 3.11. The van der Waals surface area contributed by atoms with Gasteiger partial charge >= 0.3 is 0 Å². The number of ether oxygens (including phenoxy) is 2. The summed E-state index contributed by atoms with van der Waals surface area (Å²) in [5.41, 5.74) is 2.91.